The van der Waals surface area contributed by atoms with Gasteiger partial charge in [-0.1, -0.05) is 6.07 Å². The number of anilines is 1. The molecule has 4 heteroatoms. The molecule has 4 nitrogen and oxygen atoms in total. The second kappa shape index (κ2) is 3.31. The molecule has 0 aliphatic heterocycles. The van der Waals surface area contributed by atoms with Gasteiger partial charge in [-0.25, -0.2) is 4.79 Å². The lowest BCUT2D eigenvalue weighted by molar-refractivity contribution is 0.0697. The number of nitrogens with zero attached hydrogens (tertiary/aromatic N) is 1. The molecule has 78 valence electrons. The van der Waals surface area contributed by atoms with E-state index in [0.717, 1.165) is 5.39 Å². The van der Waals surface area contributed by atoms with Crippen molar-refractivity contribution in [1.82, 2.24) is 0 Å². The zero-order valence-electron chi connectivity index (χ0n) is 8.52. The Labute approximate surface area is 86.7 Å². The molecule has 0 unspecified atom stereocenters. The first-order valence-electron chi connectivity index (χ1n) is 4.52. The molecule has 1 aromatic heterocycles. The second-order valence-electron chi connectivity index (χ2n) is 3.50. The molecule has 2 aromatic rings. The van der Waals surface area contributed by atoms with Crippen molar-refractivity contribution in [2.75, 3.05) is 19.0 Å². The quantitative estimate of drug-likeness (QED) is 0.816. The predicted molar refractivity (Wildman–Crippen MR) is 57.5 cm³/mol. The molecule has 0 spiro atoms. The van der Waals surface area contributed by atoms with E-state index < -0.39 is 5.97 Å². The Bertz CT molecular complexity index is 514. The van der Waals surface area contributed by atoms with Crippen molar-refractivity contribution < 1.29 is 14.3 Å². The van der Waals surface area contributed by atoms with Gasteiger partial charge in [-0.2, -0.15) is 0 Å². The van der Waals surface area contributed by atoms with Crippen LogP contribution in [0, 0.1) is 0 Å². The van der Waals surface area contributed by atoms with E-state index in [1.54, 1.807) is 37.4 Å². The summed E-state index contributed by atoms with van der Waals surface area (Å²) in [6.45, 7) is 0. The number of hydrogen-bond acceptors (Lipinski definition) is 3. The van der Waals surface area contributed by atoms with E-state index in [1.165, 1.54) is 0 Å². The zero-order chi connectivity index (χ0) is 11.0. The van der Waals surface area contributed by atoms with Gasteiger partial charge in [-0.3, -0.25) is 0 Å². The molecule has 1 N–H and O–H groups in total. The van der Waals surface area contributed by atoms with Gasteiger partial charge in [0.2, 0.25) is 0 Å². The van der Waals surface area contributed by atoms with E-state index in [1.807, 2.05) is 6.07 Å². The molecule has 0 aliphatic carbocycles. The Morgan fingerprint density at radius 3 is 2.67 bits per heavy atom. The number of carboxylic acids is 1. The minimum Gasteiger partial charge on any atom is -0.478 e. The van der Waals surface area contributed by atoms with E-state index >= 15 is 0 Å². The molecular formula is C11H11NO3. The average Bonchev–Trinajstić information content (AvgIpc) is 2.62. The van der Waals surface area contributed by atoms with E-state index in [2.05, 4.69) is 0 Å². The summed E-state index contributed by atoms with van der Waals surface area (Å²) in [6.07, 6.45) is 1.56. The molecule has 15 heavy (non-hydrogen) atoms. The van der Waals surface area contributed by atoms with Gasteiger partial charge in [0.05, 0.1) is 17.5 Å². The highest BCUT2D eigenvalue weighted by Crippen LogP contribution is 2.30. The van der Waals surface area contributed by atoms with Crippen molar-refractivity contribution in [3.8, 4) is 0 Å². The van der Waals surface area contributed by atoms with Crippen molar-refractivity contribution in [2.24, 2.45) is 0 Å². The van der Waals surface area contributed by atoms with Crippen LogP contribution in [0.3, 0.4) is 0 Å². The van der Waals surface area contributed by atoms with Crippen LogP contribution in [-0.4, -0.2) is 25.2 Å². The molecule has 2 rings (SSSR count). The molecule has 0 bridgehead atoms. The van der Waals surface area contributed by atoms with Crippen molar-refractivity contribution >= 4 is 22.6 Å². The molecule has 0 aliphatic rings. The van der Waals surface area contributed by atoms with Crippen LogP contribution in [0.25, 0.3) is 11.0 Å². The Morgan fingerprint density at radius 1 is 1.33 bits per heavy atom. The fourth-order valence-corrected chi connectivity index (χ4v) is 1.63. The van der Waals surface area contributed by atoms with Crippen LogP contribution >= 0.6 is 0 Å². The largest absolute Gasteiger partial charge is 0.478 e. The van der Waals surface area contributed by atoms with Crippen LogP contribution in [0.1, 0.15) is 10.4 Å². The Hall–Kier alpha value is -1.97. The molecule has 0 saturated carbocycles. The highest BCUT2D eigenvalue weighted by Gasteiger charge is 2.16. The van der Waals surface area contributed by atoms with E-state index in [4.69, 9.17) is 9.52 Å². The number of carbonyl (C=O) groups is 1. The highest BCUT2D eigenvalue weighted by atomic mass is 16.4. The van der Waals surface area contributed by atoms with Crippen LogP contribution in [0.2, 0.25) is 0 Å². The Kier molecular flexibility index (Phi) is 2.11. The van der Waals surface area contributed by atoms with Crippen molar-refractivity contribution in [3.63, 3.8) is 0 Å². The lowest BCUT2D eigenvalue weighted by atomic mass is 10.1. The number of benzene rings is 1. The number of rotatable bonds is 2. The van der Waals surface area contributed by atoms with Crippen molar-refractivity contribution in [2.45, 2.75) is 0 Å². The molecule has 1 aromatic carbocycles. The second-order valence-corrected chi connectivity index (χ2v) is 3.50. The van der Waals surface area contributed by atoms with Crippen LogP contribution in [0.15, 0.2) is 28.9 Å². The third kappa shape index (κ3) is 1.44. The van der Waals surface area contributed by atoms with Gasteiger partial charge in [0.25, 0.3) is 0 Å². The minimum absolute atomic E-state index is 0.252. The fourth-order valence-electron chi connectivity index (χ4n) is 1.63. The smallest absolute Gasteiger partial charge is 0.337 e. The minimum atomic E-state index is -0.947. The Balaban J connectivity index is 2.81. The zero-order valence-corrected chi connectivity index (χ0v) is 8.52. The van der Waals surface area contributed by atoms with Gasteiger partial charge < -0.3 is 14.4 Å². The number of aromatic carboxylic acids is 1. The van der Waals surface area contributed by atoms with Crippen molar-refractivity contribution in [3.05, 3.63) is 30.0 Å². The first kappa shape index (κ1) is 9.58. The summed E-state index contributed by atoms with van der Waals surface area (Å²) >= 11 is 0. The highest BCUT2D eigenvalue weighted by molar-refractivity contribution is 6.03. The van der Waals surface area contributed by atoms with Gasteiger partial charge in [-0.15, -0.1) is 0 Å². The lowest BCUT2D eigenvalue weighted by Crippen LogP contribution is -2.14. The normalized spacial score (nSPS) is 10.5. The molecule has 0 radical (unpaired) electrons. The number of furan rings is 1. The summed E-state index contributed by atoms with van der Waals surface area (Å²) in [6, 6.07) is 5.15. The molecule has 1 heterocycles. The SMILES string of the molecule is CN(C)c1c(C(=O)O)ccc2ccoc12. The van der Waals surface area contributed by atoms with Gasteiger partial charge in [-0.05, 0) is 12.1 Å². The molecular weight excluding hydrogens is 194 g/mol. The third-order valence-electron chi connectivity index (χ3n) is 2.27. The summed E-state index contributed by atoms with van der Waals surface area (Å²) in [5.74, 6) is -0.947. The Morgan fingerprint density at radius 2 is 2.07 bits per heavy atom. The summed E-state index contributed by atoms with van der Waals surface area (Å²) in [5, 5.41) is 9.95. The number of hydrogen-bond donors (Lipinski definition) is 1. The van der Waals surface area contributed by atoms with Gasteiger partial charge >= 0.3 is 5.97 Å². The molecule has 0 amide bonds. The maximum atomic E-state index is 11.0. The summed E-state index contributed by atoms with van der Waals surface area (Å²) in [5.41, 5.74) is 1.47. The summed E-state index contributed by atoms with van der Waals surface area (Å²) in [4.78, 5) is 12.8. The average molecular weight is 205 g/mol. The first-order valence-corrected chi connectivity index (χ1v) is 4.52. The first-order chi connectivity index (χ1) is 7.11. The van der Waals surface area contributed by atoms with E-state index in [-0.39, 0.29) is 5.56 Å². The van der Waals surface area contributed by atoms with Gasteiger partial charge in [0.1, 0.15) is 0 Å². The fraction of sp³-hybridized carbons (Fsp3) is 0.182. The van der Waals surface area contributed by atoms with Gasteiger partial charge in [0.15, 0.2) is 5.58 Å². The standard InChI is InChI=1S/C11H11NO3/c1-12(2)9-8(11(13)14)4-3-7-5-6-15-10(7)9/h3-6H,1-2H3,(H,13,14). The summed E-state index contributed by atoms with van der Waals surface area (Å²) < 4.78 is 5.30. The molecule has 0 fully saturated rings. The molecule has 0 saturated heterocycles. The summed E-state index contributed by atoms with van der Waals surface area (Å²) in [7, 11) is 3.59. The predicted octanol–water partition coefficient (Wildman–Crippen LogP) is 2.20. The van der Waals surface area contributed by atoms with Crippen molar-refractivity contribution in [1.29, 1.82) is 0 Å². The van der Waals surface area contributed by atoms with Crippen LogP contribution in [-0.2, 0) is 0 Å². The maximum absolute atomic E-state index is 11.0. The maximum Gasteiger partial charge on any atom is 0.337 e. The number of carboxylic acid groups (broad SMARTS) is 1. The van der Waals surface area contributed by atoms with E-state index in [9.17, 15) is 4.79 Å². The van der Waals surface area contributed by atoms with Crippen LogP contribution in [0.5, 0.6) is 0 Å². The monoisotopic (exact) mass is 205 g/mol. The van der Waals surface area contributed by atoms with Gasteiger partial charge in [0, 0.05) is 19.5 Å². The molecule has 0 atom stereocenters. The lowest BCUT2D eigenvalue weighted by Gasteiger charge is -2.15. The van der Waals surface area contributed by atoms with Crippen LogP contribution < -0.4 is 4.90 Å². The van der Waals surface area contributed by atoms with E-state index in [0.29, 0.717) is 11.3 Å². The van der Waals surface area contributed by atoms with Crippen LogP contribution in [0.4, 0.5) is 5.69 Å². The number of fused-ring (bicyclic) bond motifs is 1. The third-order valence-corrected chi connectivity index (χ3v) is 2.27. The topological polar surface area (TPSA) is 53.7 Å².